The standard InChI is InChI=1S/C14H15BrClF/c15-8-14(5-9-3-10(9)6-14)7-11-4-12(16)1-2-13(11)17/h1-2,4,9-10H,3,5-8H2. The Hall–Kier alpha value is -0.0800. The van der Waals surface area contributed by atoms with Gasteiger partial charge in [0, 0.05) is 10.4 Å². The minimum absolute atomic E-state index is 0.115. The zero-order chi connectivity index (χ0) is 12.0. The van der Waals surface area contributed by atoms with Gasteiger partial charge in [-0.05, 0) is 66.7 Å². The lowest BCUT2D eigenvalue weighted by Crippen LogP contribution is -2.24. The van der Waals surface area contributed by atoms with Crippen molar-refractivity contribution in [1.29, 1.82) is 0 Å². The summed E-state index contributed by atoms with van der Waals surface area (Å²) in [6.45, 7) is 0. The summed E-state index contributed by atoms with van der Waals surface area (Å²) in [7, 11) is 0. The van der Waals surface area contributed by atoms with Crippen LogP contribution in [0, 0.1) is 23.1 Å². The molecule has 2 unspecified atom stereocenters. The molecule has 3 heteroatoms. The van der Waals surface area contributed by atoms with E-state index in [9.17, 15) is 4.39 Å². The number of hydrogen-bond donors (Lipinski definition) is 0. The van der Waals surface area contributed by atoms with E-state index in [1.54, 1.807) is 12.1 Å². The largest absolute Gasteiger partial charge is 0.207 e. The molecule has 0 bridgehead atoms. The van der Waals surface area contributed by atoms with Crippen LogP contribution in [0.2, 0.25) is 5.02 Å². The highest BCUT2D eigenvalue weighted by Gasteiger charge is 2.53. The molecule has 1 aromatic rings. The lowest BCUT2D eigenvalue weighted by molar-refractivity contribution is 0.304. The van der Waals surface area contributed by atoms with E-state index in [1.165, 1.54) is 25.3 Å². The second kappa shape index (κ2) is 4.24. The second-order valence-corrected chi connectivity index (χ2v) is 6.71. The molecule has 0 saturated heterocycles. The predicted molar refractivity (Wildman–Crippen MR) is 72.2 cm³/mol. The maximum absolute atomic E-state index is 13.8. The monoisotopic (exact) mass is 316 g/mol. The van der Waals surface area contributed by atoms with E-state index < -0.39 is 0 Å². The average Bonchev–Trinajstić information content (AvgIpc) is 2.92. The SMILES string of the molecule is Fc1ccc(Cl)cc1CC1(CBr)CC2CC2C1. The Labute approximate surface area is 115 Å². The Morgan fingerprint density at radius 2 is 2.06 bits per heavy atom. The molecule has 2 fully saturated rings. The van der Waals surface area contributed by atoms with E-state index in [2.05, 4.69) is 15.9 Å². The quantitative estimate of drug-likeness (QED) is 0.700. The molecule has 0 nitrogen and oxygen atoms in total. The average molecular weight is 318 g/mol. The first-order valence-electron chi connectivity index (χ1n) is 6.12. The van der Waals surface area contributed by atoms with Crippen LogP contribution >= 0.6 is 27.5 Å². The van der Waals surface area contributed by atoms with E-state index in [0.717, 1.165) is 29.2 Å². The van der Waals surface area contributed by atoms with Crippen molar-refractivity contribution in [3.63, 3.8) is 0 Å². The third-order valence-corrected chi connectivity index (χ3v) is 5.74. The molecule has 3 rings (SSSR count). The molecule has 2 aliphatic carbocycles. The maximum atomic E-state index is 13.8. The first kappa shape index (κ1) is 12.0. The van der Waals surface area contributed by atoms with Crippen molar-refractivity contribution in [3.8, 4) is 0 Å². The van der Waals surface area contributed by atoms with Crippen LogP contribution < -0.4 is 0 Å². The van der Waals surface area contributed by atoms with Crippen molar-refractivity contribution < 1.29 is 4.39 Å². The number of rotatable bonds is 3. The highest BCUT2D eigenvalue weighted by atomic mass is 79.9. The normalized spacial score (nSPS) is 34.8. The van der Waals surface area contributed by atoms with Gasteiger partial charge in [0.15, 0.2) is 0 Å². The molecule has 0 aromatic heterocycles. The van der Waals surface area contributed by atoms with Crippen molar-refractivity contribution >= 4 is 27.5 Å². The molecule has 0 radical (unpaired) electrons. The zero-order valence-electron chi connectivity index (χ0n) is 9.56. The number of benzene rings is 1. The summed E-state index contributed by atoms with van der Waals surface area (Å²) in [5.41, 5.74) is 1.04. The molecule has 0 aliphatic heterocycles. The summed E-state index contributed by atoms with van der Waals surface area (Å²) in [5, 5.41) is 1.60. The predicted octanol–water partition coefficient (Wildman–Crippen LogP) is 4.83. The van der Waals surface area contributed by atoms with Gasteiger partial charge in [0.1, 0.15) is 5.82 Å². The lowest BCUT2D eigenvalue weighted by atomic mass is 9.79. The van der Waals surface area contributed by atoms with Crippen molar-refractivity contribution in [1.82, 2.24) is 0 Å². The molecular weight excluding hydrogens is 303 g/mol. The molecule has 0 amide bonds. The Balaban J connectivity index is 1.83. The molecule has 0 spiro atoms. The van der Waals surface area contributed by atoms with Gasteiger partial charge in [0.2, 0.25) is 0 Å². The van der Waals surface area contributed by atoms with Crippen LogP contribution in [0.25, 0.3) is 0 Å². The summed E-state index contributed by atoms with van der Waals surface area (Å²) in [5.74, 6) is 1.71. The third kappa shape index (κ3) is 2.26. The minimum Gasteiger partial charge on any atom is -0.207 e. The van der Waals surface area contributed by atoms with E-state index >= 15 is 0 Å². The van der Waals surface area contributed by atoms with Gasteiger partial charge in [-0.15, -0.1) is 0 Å². The first-order chi connectivity index (χ1) is 8.12. The summed E-state index contributed by atoms with van der Waals surface area (Å²) in [4.78, 5) is 0. The van der Waals surface area contributed by atoms with Crippen molar-refractivity contribution in [2.45, 2.75) is 25.7 Å². The van der Waals surface area contributed by atoms with Crippen LogP contribution in [0.15, 0.2) is 18.2 Å². The number of alkyl halides is 1. The van der Waals surface area contributed by atoms with Crippen molar-refractivity contribution in [2.75, 3.05) is 5.33 Å². The molecule has 0 heterocycles. The van der Waals surface area contributed by atoms with Crippen LogP contribution in [0.3, 0.4) is 0 Å². The minimum atomic E-state index is -0.115. The second-order valence-electron chi connectivity index (χ2n) is 5.71. The molecule has 2 atom stereocenters. The Bertz CT molecular complexity index is 436. The fourth-order valence-electron chi connectivity index (χ4n) is 3.39. The van der Waals surface area contributed by atoms with Gasteiger partial charge in [-0.2, -0.15) is 0 Å². The van der Waals surface area contributed by atoms with Crippen molar-refractivity contribution in [3.05, 3.63) is 34.6 Å². The van der Waals surface area contributed by atoms with E-state index in [4.69, 9.17) is 11.6 Å². The van der Waals surface area contributed by atoms with Crippen LogP contribution in [0.1, 0.15) is 24.8 Å². The highest BCUT2D eigenvalue weighted by Crippen LogP contribution is 2.61. The summed E-state index contributed by atoms with van der Waals surface area (Å²) >= 11 is 9.58. The lowest BCUT2D eigenvalue weighted by Gasteiger charge is -2.29. The van der Waals surface area contributed by atoms with Crippen LogP contribution in [0.5, 0.6) is 0 Å². The zero-order valence-corrected chi connectivity index (χ0v) is 11.9. The number of halogens is 3. The topological polar surface area (TPSA) is 0 Å². The van der Waals surface area contributed by atoms with E-state index in [1.807, 2.05) is 0 Å². The molecular formula is C14H15BrClF. The van der Waals surface area contributed by atoms with Gasteiger partial charge >= 0.3 is 0 Å². The number of hydrogen-bond acceptors (Lipinski definition) is 0. The third-order valence-electron chi connectivity index (χ3n) is 4.32. The fourth-order valence-corrected chi connectivity index (χ4v) is 4.24. The van der Waals surface area contributed by atoms with Crippen LogP contribution in [-0.4, -0.2) is 5.33 Å². The maximum Gasteiger partial charge on any atom is 0.126 e. The summed E-state index contributed by atoms with van der Waals surface area (Å²) in [6.07, 6.45) is 4.70. The van der Waals surface area contributed by atoms with E-state index in [-0.39, 0.29) is 11.2 Å². The summed E-state index contributed by atoms with van der Waals surface area (Å²) < 4.78 is 13.8. The molecule has 92 valence electrons. The van der Waals surface area contributed by atoms with Gasteiger partial charge < -0.3 is 0 Å². The van der Waals surface area contributed by atoms with Crippen LogP contribution in [-0.2, 0) is 6.42 Å². The number of fused-ring (bicyclic) bond motifs is 1. The molecule has 17 heavy (non-hydrogen) atoms. The summed E-state index contributed by atoms with van der Waals surface area (Å²) in [6, 6.07) is 4.88. The molecule has 0 N–H and O–H groups in total. The van der Waals surface area contributed by atoms with Gasteiger partial charge in [0.25, 0.3) is 0 Å². The van der Waals surface area contributed by atoms with Gasteiger partial charge in [0.05, 0.1) is 0 Å². The smallest absolute Gasteiger partial charge is 0.126 e. The van der Waals surface area contributed by atoms with Crippen LogP contribution in [0.4, 0.5) is 4.39 Å². The Morgan fingerprint density at radius 3 is 2.71 bits per heavy atom. The van der Waals surface area contributed by atoms with Gasteiger partial charge in [-0.1, -0.05) is 27.5 Å². The first-order valence-corrected chi connectivity index (χ1v) is 7.62. The molecule has 1 aromatic carbocycles. The highest BCUT2D eigenvalue weighted by molar-refractivity contribution is 9.09. The fraction of sp³-hybridized carbons (Fsp3) is 0.571. The Morgan fingerprint density at radius 1 is 1.35 bits per heavy atom. The van der Waals surface area contributed by atoms with Crippen molar-refractivity contribution in [2.24, 2.45) is 17.3 Å². The van der Waals surface area contributed by atoms with Gasteiger partial charge in [-0.25, -0.2) is 4.39 Å². The molecule has 2 aliphatic rings. The van der Waals surface area contributed by atoms with Gasteiger partial charge in [-0.3, -0.25) is 0 Å². The Kier molecular flexibility index (Phi) is 2.99. The van der Waals surface area contributed by atoms with E-state index in [0.29, 0.717) is 5.02 Å². The molecule has 2 saturated carbocycles.